The van der Waals surface area contributed by atoms with Crippen LogP contribution in [-0.4, -0.2) is 48.2 Å². The summed E-state index contributed by atoms with van der Waals surface area (Å²) in [5.41, 5.74) is -0.187. The van der Waals surface area contributed by atoms with Crippen LogP contribution in [0.3, 0.4) is 0 Å². The standard InChI is InChI=1S/C28H32N4O6S/c1-21(27(34)29-28(2,3)4)30(19-22-12-7-5-8-13-22)26(33)20-31(23-14-11-15-24(18-23)32(35)36)39(37,38)25-16-9-6-10-17-25/h5-18,21H,19-20H2,1-4H3,(H,29,34)/t21-/m1/s1. The van der Waals surface area contributed by atoms with Gasteiger partial charge in [0.15, 0.2) is 0 Å². The zero-order valence-electron chi connectivity index (χ0n) is 22.3. The van der Waals surface area contributed by atoms with Gasteiger partial charge < -0.3 is 10.2 Å². The molecule has 3 rings (SSSR count). The lowest BCUT2D eigenvalue weighted by molar-refractivity contribution is -0.384. The summed E-state index contributed by atoms with van der Waals surface area (Å²) in [5.74, 6) is -1.05. The molecule has 10 nitrogen and oxygen atoms in total. The molecule has 0 aliphatic rings. The predicted molar refractivity (Wildman–Crippen MR) is 148 cm³/mol. The first-order valence-electron chi connectivity index (χ1n) is 12.3. The van der Waals surface area contributed by atoms with Gasteiger partial charge in [-0.3, -0.25) is 24.0 Å². The predicted octanol–water partition coefficient (Wildman–Crippen LogP) is 4.12. The Labute approximate surface area is 228 Å². The van der Waals surface area contributed by atoms with E-state index in [1.54, 1.807) is 49.4 Å². The minimum absolute atomic E-state index is 0.0482. The smallest absolute Gasteiger partial charge is 0.271 e. The van der Waals surface area contributed by atoms with Crippen molar-refractivity contribution in [3.8, 4) is 0 Å². The maximum absolute atomic E-state index is 13.8. The van der Waals surface area contributed by atoms with Crippen LogP contribution in [-0.2, 0) is 26.2 Å². The van der Waals surface area contributed by atoms with Crippen LogP contribution in [0.25, 0.3) is 0 Å². The number of rotatable bonds is 10. The molecule has 39 heavy (non-hydrogen) atoms. The van der Waals surface area contributed by atoms with Gasteiger partial charge in [0.25, 0.3) is 15.7 Å². The molecular weight excluding hydrogens is 520 g/mol. The second kappa shape index (κ2) is 12.1. The highest BCUT2D eigenvalue weighted by molar-refractivity contribution is 7.92. The van der Waals surface area contributed by atoms with E-state index in [9.17, 15) is 28.1 Å². The number of nitro groups is 1. The van der Waals surface area contributed by atoms with E-state index in [0.717, 1.165) is 15.9 Å². The van der Waals surface area contributed by atoms with Gasteiger partial charge in [-0.2, -0.15) is 0 Å². The van der Waals surface area contributed by atoms with E-state index in [-0.39, 0.29) is 22.8 Å². The summed E-state index contributed by atoms with van der Waals surface area (Å²) in [4.78, 5) is 38.9. The van der Waals surface area contributed by atoms with Crippen LogP contribution in [0.5, 0.6) is 0 Å². The Morgan fingerprint density at radius 3 is 2.10 bits per heavy atom. The molecule has 0 spiro atoms. The van der Waals surface area contributed by atoms with E-state index in [1.807, 2.05) is 26.8 Å². The first-order chi connectivity index (χ1) is 18.3. The number of nitrogens with one attached hydrogen (secondary N) is 1. The highest BCUT2D eigenvalue weighted by atomic mass is 32.2. The molecular formula is C28H32N4O6S. The van der Waals surface area contributed by atoms with E-state index in [2.05, 4.69) is 5.32 Å². The molecule has 11 heteroatoms. The normalized spacial score (nSPS) is 12.3. The molecule has 0 fully saturated rings. The van der Waals surface area contributed by atoms with E-state index >= 15 is 0 Å². The van der Waals surface area contributed by atoms with Crippen LogP contribution in [0.4, 0.5) is 11.4 Å². The average Bonchev–Trinajstić information content (AvgIpc) is 2.90. The van der Waals surface area contributed by atoms with Crippen molar-refractivity contribution in [2.45, 2.75) is 50.7 Å². The van der Waals surface area contributed by atoms with Gasteiger partial charge in [-0.15, -0.1) is 0 Å². The van der Waals surface area contributed by atoms with Gasteiger partial charge in [0, 0.05) is 24.2 Å². The van der Waals surface area contributed by atoms with Crippen molar-refractivity contribution >= 4 is 33.2 Å². The average molecular weight is 553 g/mol. The number of hydrogen-bond acceptors (Lipinski definition) is 6. The second-order valence-corrected chi connectivity index (χ2v) is 11.9. The van der Waals surface area contributed by atoms with Crippen LogP contribution >= 0.6 is 0 Å². The molecule has 2 amide bonds. The molecule has 0 aliphatic carbocycles. The van der Waals surface area contributed by atoms with Gasteiger partial charge in [0.2, 0.25) is 11.8 Å². The lowest BCUT2D eigenvalue weighted by atomic mass is 10.1. The Hall–Kier alpha value is -4.25. The lowest BCUT2D eigenvalue weighted by Gasteiger charge is -2.33. The summed E-state index contributed by atoms with van der Waals surface area (Å²) < 4.78 is 28.3. The Bertz CT molecular complexity index is 1420. The molecule has 0 heterocycles. The van der Waals surface area contributed by atoms with Gasteiger partial charge in [0.05, 0.1) is 15.5 Å². The van der Waals surface area contributed by atoms with Crippen LogP contribution in [0.1, 0.15) is 33.3 Å². The molecule has 0 unspecified atom stereocenters. The Morgan fingerprint density at radius 1 is 0.949 bits per heavy atom. The topological polar surface area (TPSA) is 130 Å². The second-order valence-electron chi connectivity index (χ2n) is 10.0. The first kappa shape index (κ1) is 29.3. The van der Waals surface area contributed by atoms with Gasteiger partial charge >= 0.3 is 0 Å². The molecule has 0 radical (unpaired) electrons. The quantitative estimate of drug-likeness (QED) is 0.297. The summed E-state index contributed by atoms with van der Waals surface area (Å²) in [7, 11) is -4.31. The Morgan fingerprint density at radius 2 is 1.54 bits per heavy atom. The number of non-ortho nitro benzene ring substituents is 1. The Balaban J connectivity index is 2.06. The fraction of sp³-hybridized carbons (Fsp3) is 0.286. The minimum atomic E-state index is -4.31. The molecule has 0 aromatic heterocycles. The number of hydrogen-bond donors (Lipinski definition) is 1. The van der Waals surface area contributed by atoms with Gasteiger partial charge in [-0.1, -0.05) is 54.6 Å². The maximum atomic E-state index is 13.8. The number of nitro benzene ring substituents is 1. The van der Waals surface area contributed by atoms with Gasteiger partial charge in [-0.05, 0) is 51.5 Å². The van der Waals surface area contributed by atoms with Crippen molar-refractivity contribution in [3.63, 3.8) is 0 Å². The van der Waals surface area contributed by atoms with E-state index in [0.29, 0.717) is 0 Å². The minimum Gasteiger partial charge on any atom is -0.350 e. The zero-order valence-corrected chi connectivity index (χ0v) is 23.1. The Kier molecular flexibility index (Phi) is 9.08. The fourth-order valence-corrected chi connectivity index (χ4v) is 5.27. The third kappa shape index (κ3) is 7.64. The number of benzene rings is 3. The molecule has 0 saturated heterocycles. The summed E-state index contributed by atoms with van der Waals surface area (Å²) in [5, 5.41) is 14.3. The first-order valence-corrected chi connectivity index (χ1v) is 13.7. The number of carbonyl (C=O) groups is 2. The van der Waals surface area contributed by atoms with Crippen molar-refractivity contribution in [3.05, 3.63) is 101 Å². The number of sulfonamides is 1. The van der Waals surface area contributed by atoms with Crippen LogP contribution in [0.15, 0.2) is 89.8 Å². The summed E-state index contributed by atoms with van der Waals surface area (Å²) >= 11 is 0. The molecule has 1 N–H and O–H groups in total. The number of amides is 2. The number of anilines is 1. The van der Waals surface area contributed by atoms with E-state index in [1.165, 1.54) is 35.2 Å². The summed E-state index contributed by atoms with van der Waals surface area (Å²) in [6.07, 6.45) is 0. The third-order valence-electron chi connectivity index (χ3n) is 5.80. The van der Waals surface area contributed by atoms with Crippen molar-refractivity contribution in [1.29, 1.82) is 0 Å². The summed E-state index contributed by atoms with van der Waals surface area (Å²) in [6.45, 7) is 6.39. The molecule has 1 atom stereocenters. The maximum Gasteiger partial charge on any atom is 0.271 e. The van der Waals surface area contributed by atoms with Gasteiger partial charge in [-0.25, -0.2) is 8.42 Å². The number of nitrogens with zero attached hydrogens (tertiary/aromatic N) is 3. The molecule has 3 aromatic rings. The van der Waals surface area contributed by atoms with Crippen LogP contribution < -0.4 is 9.62 Å². The highest BCUT2D eigenvalue weighted by Gasteiger charge is 2.33. The molecule has 206 valence electrons. The third-order valence-corrected chi connectivity index (χ3v) is 7.59. The zero-order chi connectivity index (χ0) is 28.8. The van der Waals surface area contributed by atoms with E-state index in [4.69, 9.17) is 0 Å². The SMILES string of the molecule is C[C@H](C(=O)NC(C)(C)C)N(Cc1ccccc1)C(=O)CN(c1cccc([N+](=O)[O-])c1)S(=O)(=O)c1ccccc1. The molecule has 0 aliphatic heterocycles. The van der Waals surface area contributed by atoms with E-state index < -0.39 is 44.9 Å². The summed E-state index contributed by atoms with van der Waals surface area (Å²) in [6, 6.07) is 20.7. The largest absolute Gasteiger partial charge is 0.350 e. The van der Waals surface area contributed by atoms with Gasteiger partial charge in [0.1, 0.15) is 12.6 Å². The van der Waals surface area contributed by atoms with Crippen molar-refractivity contribution < 1.29 is 22.9 Å². The molecule has 0 bridgehead atoms. The number of carbonyl (C=O) groups excluding carboxylic acids is 2. The van der Waals surface area contributed by atoms with Crippen molar-refractivity contribution in [2.75, 3.05) is 10.8 Å². The fourth-order valence-electron chi connectivity index (χ4n) is 3.85. The lowest BCUT2D eigenvalue weighted by Crippen LogP contribution is -2.54. The van der Waals surface area contributed by atoms with Crippen molar-refractivity contribution in [1.82, 2.24) is 10.2 Å². The van der Waals surface area contributed by atoms with Crippen LogP contribution in [0.2, 0.25) is 0 Å². The highest BCUT2D eigenvalue weighted by Crippen LogP contribution is 2.27. The van der Waals surface area contributed by atoms with Crippen molar-refractivity contribution in [2.24, 2.45) is 0 Å². The molecule has 0 saturated carbocycles. The molecule has 3 aromatic carbocycles. The monoisotopic (exact) mass is 552 g/mol. The van der Waals surface area contributed by atoms with Crippen LogP contribution in [0, 0.1) is 10.1 Å².